The smallest absolute Gasteiger partial charge is 0.129 e. The molecule has 0 radical (unpaired) electrons. The largest absolute Gasteiger partial charge is 0.463 e. The van der Waals surface area contributed by atoms with E-state index < -0.39 is 0 Å². The Hall–Kier alpha value is -0.280. The topological polar surface area (TPSA) is 22.4 Å². The average Bonchev–Trinajstić information content (AvgIpc) is 2.52. The Bertz CT molecular complexity index is 232. The van der Waals surface area contributed by atoms with E-state index in [1.807, 2.05) is 12.1 Å². The van der Waals surface area contributed by atoms with E-state index in [0.717, 1.165) is 16.9 Å². The van der Waals surface area contributed by atoms with Gasteiger partial charge >= 0.3 is 0 Å². The molecule has 1 heterocycles. The summed E-state index contributed by atoms with van der Waals surface area (Å²) in [4.78, 5) is 0. The molecular formula is C9H13BrO2. The van der Waals surface area contributed by atoms with Crippen molar-refractivity contribution in [3.63, 3.8) is 0 Å². The van der Waals surface area contributed by atoms with Crippen molar-refractivity contribution in [1.29, 1.82) is 0 Å². The van der Waals surface area contributed by atoms with E-state index in [9.17, 15) is 0 Å². The third-order valence-corrected chi connectivity index (χ3v) is 2.66. The number of methoxy groups -OCH3 is 1. The lowest BCUT2D eigenvalue weighted by Gasteiger charge is -2.01. The van der Waals surface area contributed by atoms with Gasteiger partial charge in [0.15, 0.2) is 0 Å². The van der Waals surface area contributed by atoms with Crippen LogP contribution in [-0.4, -0.2) is 12.4 Å². The Morgan fingerprint density at radius 3 is 2.92 bits per heavy atom. The van der Waals surface area contributed by atoms with Crippen LogP contribution in [0, 0.1) is 0 Å². The second-order valence-corrected chi connectivity index (χ2v) is 3.44. The van der Waals surface area contributed by atoms with Gasteiger partial charge in [-0.3, -0.25) is 0 Å². The average molecular weight is 233 g/mol. The molecule has 68 valence electrons. The number of hydrogen-bond acceptors (Lipinski definition) is 2. The van der Waals surface area contributed by atoms with E-state index in [4.69, 9.17) is 9.15 Å². The molecule has 0 aliphatic carbocycles. The maximum Gasteiger partial charge on any atom is 0.129 e. The molecule has 1 aromatic heterocycles. The highest BCUT2D eigenvalue weighted by Gasteiger charge is 2.08. The number of hydrogen-bond donors (Lipinski definition) is 0. The molecule has 0 bridgehead atoms. The molecule has 1 atom stereocenters. The lowest BCUT2D eigenvalue weighted by Crippen LogP contribution is -1.91. The zero-order valence-electron chi connectivity index (χ0n) is 7.34. The van der Waals surface area contributed by atoms with Crippen LogP contribution in [0.25, 0.3) is 0 Å². The minimum Gasteiger partial charge on any atom is -0.463 e. The predicted molar refractivity (Wildman–Crippen MR) is 51.6 cm³/mol. The van der Waals surface area contributed by atoms with Gasteiger partial charge in [-0.2, -0.15) is 0 Å². The first-order chi connectivity index (χ1) is 5.77. The second kappa shape index (κ2) is 4.67. The summed E-state index contributed by atoms with van der Waals surface area (Å²) in [6, 6.07) is 3.96. The lowest BCUT2D eigenvalue weighted by atomic mass is 10.2. The summed E-state index contributed by atoms with van der Waals surface area (Å²) in [5.74, 6) is 2.33. The predicted octanol–water partition coefficient (Wildman–Crippen LogP) is 2.92. The third-order valence-electron chi connectivity index (χ3n) is 1.69. The first kappa shape index (κ1) is 9.81. The molecule has 3 heteroatoms. The van der Waals surface area contributed by atoms with E-state index in [2.05, 4.69) is 22.9 Å². The first-order valence-corrected chi connectivity index (χ1v) is 5.03. The molecule has 0 fully saturated rings. The van der Waals surface area contributed by atoms with Crippen molar-refractivity contribution in [2.75, 3.05) is 12.4 Å². The van der Waals surface area contributed by atoms with Crippen molar-refractivity contribution in [3.8, 4) is 0 Å². The fourth-order valence-electron chi connectivity index (χ4n) is 0.955. The third kappa shape index (κ3) is 2.35. The highest BCUT2D eigenvalue weighted by molar-refractivity contribution is 9.09. The molecular weight excluding hydrogens is 220 g/mol. The highest BCUT2D eigenvalue weighted by Crippen LogP contribution is 2.20. The van der Waals surface area contributed by atoms with Gasteiger partial charge in [0.25, 0.3) is 0 Å². The van der Waals surface area contributed by atoms with E-state index in [-0.39, 0.29) is 0 Å². The molecule has 0 saturated carbocycles. The van der Waals surface area contributed by atoms with Crippen LogP contribution in [0.4, 0.5) is 0 Å². The fourth-order valence-corrected chi connectivity index (χ4v) is 1.27. The zero-order chi connectivity index (χ0) is 8.97. The molecule has 2 nitrogen and oxygen atoms in total. The molecule has 0 spiro atoms. The summed E-state index contributed by atoms with van der Waals surface area (Å²) in [6.45, 7) is 2.67. The van der Waals surface area contributed by atoms with Gasteiger partial charge in [0, 0.05) is 18.4 Å². The molecule has 0 aromatic carbocycles. The maximum absolute atomic E-state index is 5.52. The molecule has 0 aliphatic rings. The zero-order valence-corrected chi connectivity index (χ0v) is 8.93. The van der Waals surface area contributed by atoms with Crippen LogP contribution in [0.15, 0.2) is 16.5 Å². The molecule has 0 aliphatic heterocycles. The van der Waals surface area contributed by atoms with E-state index in [0.29, 0.717) is 12.5 Å². The van der Waals surface area contributed by atoms with Crippen LogP contribution < -0.4 is 0 Å². The molecule has 1 rings (SSSR count). The maximum atomic E-state index is 5.52. The van der Waals surface area contributed by atoms with E-state index in [1.54, 1.807) is 7.11 Å². The minimum atomic E-state index is 0.426. The van der Waals surface area contributed by atoms with Crippen molar-refractivity contribution in [2.24, 2.45) is 0 Å². The summed E-state index contributed by atoms with van der Waals surface area (Å²) in [6.07, 6.45) is 0. The van der Waals surface area contributed by atoms with Gasteiger partial charge < -0.3 is 9.15 Å². The van der Waals surface area contributed by atoms with Crippen molar-refractivity contribution < 1.29 is 9.15 Å². The Morgan fingerprint density at radius 2 is 2.33 bits per heavy atom. The summed E-state index contributed by atoms with van der Waals surface area (Å²) in [7, 11) is 1.66. The monoisotopic (exact) mass is 232 g/mol. The van der Waals surface area contributed by atoms with Gasteiger partial charge in [0.2, 0.25) is 0 Å². The molecule has 0 amide bonds. The molecule has 1 unspecified atom stereocenters. The summed E-state index contributed by atoms with van der Waals surface area (Å²) >= 11 is 3.41. The van der Waals surface area contributed by atoms with E-state index in [1.165, 1.54) is 0 Å². The Balaban J connectivity index is 2.63. The van der Waals surface area contributed by atoms with E-state index >= 15 is 0 Å². The second-order valence-electron chi connectivity index (χ2n) is 2.79. The summed E-state index contributed by atoms with van der Waals surface area (Å²) in [5.41, 5.74) is 0. The molecule has 0 saturated heterocycles. The van der Waals surface area contributed by atoms with Crippen molar-refractivity contribution in [3.05, 3.63) is 23.7 Å². The highest BCUT2D eigenvalue weighted by atomic mass is 79.9. The number of alkyl halides is 1. The van der Waals surface area contributed by atoms with Gasteiger partial charge in [-0.25, -0.2) is 0 Å². The van der Waals surface area contributed by atoms with Gasteiger partial charge in [-0.1, -0.05) is 22.9 Å². The summed E-state index contributed by atoms with van der Waals surface area (Å²) < 4.78 is 10.5. The van der Waals surface area contributed by atoms with Crippen LogP contribution in [-0.2, 0) is 11.3 Å². The van der Waals surface area contributed by atoms with Gasteiger partial charge in [-0.05, 0) is 12.1 Å². The van der Waals surface area contributed by atoms with Gasteiger partial charge in [0.1, 0.15) is 18.1 Å². The Kier molecular flexibility index (Phi) is 3.82. The number of furan rings is 1. The van der Waals surface area contributed by atoms with Crippen LogP contribution in [0.2, 0.25) is 0 Å². The quantitative estimate of drug-likeness (QED) is 0.746. The van der Waals surface area contributed by atoms with Crippen molar-refractivity contribution in [1.82, 2.24) is 0 Å². The molecule has 12 heavy (non-hydrogen) atoms. The standard InChI is InChI=1S/C9H13BrO2/c1-7(5-10)9-4-3-8(12-9)6-11-2/h3-4,7H,5-6H2,1-2H3. The van der Waals surface area contributed by atoms with Gasteiger partial charge in [0.05, 0.1) is 0 Å². The van der Waals surface area contributed by atoms with Crippen molar-refractivity contribution in [2.45, 2.75) is 19.4 Å². The SMILES string of the molecule is COCc1ccc(C(C)CBr)o1. The van der Waals surface area contributed by atoms with Crippen LogP contribution in [0.5, 0.6) is 0 Å². The van der Waals surface area contributed by atoms with Crippen LogP contribution >= 0.6 is 15.9 Å². The Morgan fingerprint density at radius 1 is 1.58 bits per heavy atom. The fraction of sp³-hybridized carbons (Fsp3) is 0.556. The first-order valence-electron chi connectivity index (χ1n) is 3.91. The van der Waals surface area contributed by atoms with Crippen LogP contribution in [0.3, 0.4) is 0 Å². The number of rotatable bonds is 4. The Labute approximate surface area is 81.0 Å². The molecule has 0 N–H and O–H groups in total. The van der Waals surface area contributed by atoms with Crippen molar-refractivity contribution >= 4 is 15.9 Å². The number of halogens is 1. The number of ether oxygens (including phenoxy) is 1. The molecule has 1 aromatic rings. The van der Waals surface area contributed by atoms with Gasteiger partial charge in [-0.15, -0.1) is 0 Å². The normalized spacial score (nSPS) is 13.2. The minimum absolute atomic E-state index is 0.426. The lowest BCUT2D eigenvalue weighted by molar-refractivity contribution is 0.162. The summed E-state index contributed by atoms with van der Waals surface area (Å²) in [5, 5.41) is 0.924. The van der Waals surface area contributed by atoms with Crippen LogP contribution in [0.1, 0.15) is 24.4 Å².